The van der Waals surface area contributed by atoms with E-state index in [9.17, 15) is 9.59 Å². The Morgan fingerprint density at radius 2 is 2.12 bits per heavy atom. The molecule has 2 aromatic heterocycles. The number of halogens is 2. The van der Waals surface area contributed by atoms with Gasteiger partial charge in [0.1, 0.15) is 5.82 Å². The lowest BCUT2D eigenvalue weighted by molar-refractivity contribution is -0.125. The zero-order valence-electron chi connectivity index (χ0n) is 18.0. The van der Waals surface area contributed by atoms with E-state index >= 15 is 0 Å². The van der Waals surface area contributed by atoms with E-state index in [0.29, 0.717) is 30.5 Å². The van der Waals surface area contributed by atoms with Gasteiger partial charge in [0.2, 0.25) is 11.8 Å². The Morgan fingerprint density at radius 1 is 1.34 bits per heavy atom. The van der Waals surface area contributed by atoms with E-state index in [0.717, 1.165) is 27.0 Å². The van der Waals surface area contributed by atoms with Crippen LogP contribution in [0.1, 0.15) is 21.6 Å². The maximum Gasteiger partial charge on any atom is 0.246 e. The summed E-state index contributed by atoms with van der Waals surface area (Å²) in [6.45, 7) is 3.54. The zero-order valence-corrected chi connectivity index (χ0v) is 20.4. The number of pyridine rings is 1. The summed E-state index contributed by atoms with van der Waals surface area (Å²) in [7, 11) is 3.68. The lowest BCUT2D eigenvalue weighted by Crippen LogP contribution is -2.26. The maximum absolute atomic E-state index is 12.7. The number of nitrogens with zero attached hydrogens (tertiary/aromatic N) is 3. The molecule has 0 bridgehead atoms. The fourth-order valence-electron chi connectivity index (χ4n) is 3.60. The molecule has 0 unspecified atom stereocenters. The van der Waals surface area contributed by atoms with E-state index in [1.54, 1.807) is 41.6 Å². The smallest absolute Gasteiger partial charge is 0.246 e. The van der Waals surface area contributed by atoms with Crippen LogP contribution in [0.25, 0.3) is 16.2 Å². The normalized spacial score (nSPS) is 14.1. The van der Waals surface area contributed by atoms with Crippen molar-refractivity contribution in [2.45, 2.75) is 20.0 Å². The Balaban J connectivity index is 0.00000289. The summed E-state index contributed by atoms with van der Waals surface area (Å²) in [5.74, 6) is 0.415. The number of aryl methyl sites for hydroxylation is 1. The van der Waals surface area contributed by atoms with Gasteiger partial charge in [0.15, 0.2) is 0 Å². The van der Waals surface area contributed by atoms with Crippen molar-refractivity contribution in [3.8, 4) is 0 Å². The van der Waals surface area contributed by atoms with Crippen LogP contribution in [0, 0.1) is 6.92 Å². The molecule has 3 aromatic rings. The fraction of sp³-hybridized carbons (Fsp3) is 0.261. The number of carbonyl (C=O) groups is 2. The second-order valence-corrected chi connectivity index (χ2v) is 9.39. The Morgan fingerprint density at radius 3 is 2.91 bits per heavy atom. The molecular formula is C23H24Cl2N4O2S. The van der Waals surface area contributed by atoms with Crippen LogP contribution in [-0.4, -0.2) is 47.2 Å². The average Bonchev–Trinajstić information content (AvgIpc) is 2.93. The van der Waals surface area contributed by atoms with Crippen molar-refractivity contribution < 1.29 is 9.59 Å². The van der Waals surface area contributed by atoms with Crippen molar-refractivity contribution in [2.75, 3.05) is 26.0 Å². The summed E-state index contributed by atoms with van der Waals surface area (Å²) >= 11 is 7.81. The quantitative estimate of drug-likeness (QED) is 0.536. The van der Waals surface area contributed by atoms with Gasteiger partial charge < -0.3 is 10.2 Å². The maximum atomic E-state index is 12.7. The SMILES string of the molecule is Cc1c(CN(C)C(=O)/C=C/c2cnc3c(c2)CN(C)CC(=O)N3)sc2ccc(Cl)cc12.Cl. The molecule has 1 aromatic carbocycles. The first-order chi connectivity index (χ1) is 14.8. The number of aromatic nitrogens is 1. The number of rotatable bonds is 4. The topological polar surface area (TPSA) is 65.5 Å². The Bertz CT molecular complexity index is 1210. The second kappa shape index (κ2) is 10.0. The van der Waals surface area contributed by atoms with Gasteiger partial charge in [-0.05, 0) is 60.8 Å². The number of fused-ring (bicyclic) bond motifs is 2. The molecular weight excluding hydrogens is 467 g/mol. The van der Waals surface area contributed by atoms with Crippen molar-refractivity contribution >= 4 is 69.1 Å². The molecule has 9 heteroatoms. The van der Waals surface area contributed by atoms with Gasteiger partial charge in [-0.15, -0.1) is 23.7 Å². The highest BCUT2D eigenvalue weighted by Gasteiger charge is 2.18. The van der Waals surface area contributed by atoms with Crippen molar-refractivity contribution in [2.24, 2.45) is 0 Å². The van der Waals surface area contributed by atoms with E-state index in [-0.39, 0.29) is 24.2 Å². The Labute approximate surface area is 202 Å². The highest BCUT2D eigenvalue weighted by atomic mass is 35.5. The minimum atomic E-state index is -0.0877. The number of benzene rings is 1. The monoisotopic (exact) mass is 490 g/mol. The van der Waals surface area contributed by atoms with Crippen LogP contribution in [-0.2, 0) is 22.7 Å². The van der Waals surface area contributed by atoms with Crippen LogP contribution < -0.4 is 5.32 Å². The summed E-state index contributed by atoms with van der Waals surface area (Å²) in [6.07, 6.45) is 4.98. The lowest BCUT2D eigenvalue weighted by Gasteiger charge is -2.14. The first kappa shape index (κ1) is 24.2. The Kier molecular flexibility index (Phi) is 7.56. The number of carbonyl (C=O) groups excluding carboxylic acids is 2. The fourth-order valence-corrected chi connectivity index (χ4v) is 5.02. The third-order valence-electron chi connectivity index (χ3n) is 5.27. The molecule has 3 heterocycles. The van der Waals surface area contributed by atoms with Gasteiger partial charge in [0.05, 0.1) is 13.1 Å². The van der Waals surface area contributed by atoms with Crippen molar-refractivity contribution in [3.63, 3.8) is 0 Å². The Hall–Kier alpha value is -2.45. The van der Waals surface area contributed by atoms with Gasteiger partial charge >= 0.3 is 0 Å². The molecule has 32 heavy (non-hydrogen) atoms. The summed E-state index contributed by atoms with van der Waals surface area (Å²) in [5, 5.41) is 4.66. The van der Waals surface area contributed by atoms with E-state index in [2.05, 4.69) is 17.2 Å². The number of hydrogen-bond acceptors (Lipinski definition) is 5. The van der Waals surface area contributed by atoms with E-state index < -0.39 is 0 Å². The van der Waals surface area contributed by atoms with Gasteiger partial charge in [0.25, 0.3) is 0 Å². The second-order valence-electron chi connectivity index (χ2n) is 7.82. The number of likely N-dealkylation sites (N-methyl/N-ethyl adjacent to an activating group) is 2. The van der Waals surface area contributed by atoms with E-state index in [1.165, 1.54) is 4.70 Å². The molecule has 168 valence electrons. The third-order valence-corrected chi connectivity index (χ3v) is 6.76. The average molecular weight is 491 g/mol. The molecule has 6 nitrogen and oxygen atoms in total. The third kappa shape index (κ3) is 5.30. The molecule has 4 rings (SSSR count). The molecule has 0 radical (unpaired) electrons. The highest BCUT2D eigenvalue weighted by molar-refractivity contribution is 7.19. The highest BCUT2D eigenvalue weighted by Crippen LogP contribution is 2.33. The summed E-state index contributed by atoms with van der Waals surface area (Å²) in [5.41, 5.74) is 2.90. The van der Waals surface area contributed by atoms with Crippen molar-refractivity contribution in [1.29, 1.82) is 0 Å². The molecule has 0 saturated carbocycles. The molecule has 0 spiro atoms. The molecule has 2 amide bonds. The largest absolute Gasteiger partial charge is 0.337 e. The van der Waals surface area contributed by atoms with Gasteiger partial charge in [-0.1, -0.05) is 11.6 Å². The first-order valence-electron chi connectivity index (χ1n) is 9.88. The van der Waals surface area contributed by atoms with Gasteiger partial charge in [-0.2, -0.15) is 0 Å². The summed E-state index contributed by atoms with van der Waals surface area (Å²) in [4.78, 5) is 33.6. The minimum Gasteiger partial charge on any atom is -0.337 e. The number of anilines is 1. The predicted molar refractivity (Wildman–Crippen MR) is 134 cm³/mol. The number of thiophene rings is 1. The van der Waals surface area contributed by atoms with E-state index in [1.807, 2.05) is 36.2 Å². The van der Waals surface area contributed by atoms with Crippen LogP contribution in [0.3, 0.4) is 0 Å². The lowest BCUT2D eigenvalue weighted by atomic mass is 10.1. The number of nitrogens with one attached hydrogen (secondary N) is 1. The molecule has 1 N–H and O–H groups in total. The van der Waals surface area contributed by atoms with E-state index in [4.69, 9.17) is 11.6 Å². The molecule has 0 saturated heterocycles. The van der Waals surface area contributed by atoms with Crippen LogP contribution in [0.15, 0.2) is 36.5 Å². The number of hydrogen-bond donors (Lipinski definition) is 1. The molecule has 1 aliphatic heterocycles. The summed E-state index contributed by atoms with van der Waals surface area (Å²) in [6, 6.07) is 7.83. The van der Waals surface area contributed by atoms with Gasteiger partial charge in [0, 0.05) is 46.0 Å². The van der Waals surface area contributed by atoms with Gasteiger partial charge in [-0.3, -0.25) is 14.5 Å². The molecule has 0 atom stereocenters. The first-order valence-corrected chi connectivity index (χ1v) is 11.1. The van der Waals surface area contributed by atoms with Crippen molar-refractivity contribution in [3.05, 3.63) is 63.1 Å². The van der Waals surface area contributed by atoms with Crippen molar-refractivity contribution in [1.82, 2.24) is 14.8 Å². The molecule has 0 aliphatic carbocycles. The molecule has 1 aliphatic rings. The zero-order chi connectivity index (χ0) is 22.1. The number of amides is 2. The van der Waals surface area contributed by atoms with Crippen LogP contribution in [0.4, 0.5) is 5.82 Å². The molecule has 0 fully saturated rings. The summed E-state index contributed by atoms with van der Waals surface area (Å²) < 4.78 is 1.17. The minimum absolute atomic E-state index is 0. The predicted octanol–water partition coefficient (Wildman–Crippen LogP) is 4.74. The van der Waals surface area contributed by atoms with Crippen LogP contribution in [0.5, 0.6) is 0 Å². The van der Waals surface area contributed by atoms with Crippen LogP contribution >= 0.6 is 35.3 Å². The van der Waals surface area contributed by atoms with Crippen LogP contribution in [0.2, 0.25) is 5.02 Å². The standard InChI is InChI=1S/C23H23ClN4O2S.ClH/c1-14-18-9-17(24)5-6-19(18)31-20(14)12-28(3)22(30)7-4-15-8-16-11-27(2)13-21(29)26-23(16)25-10-15;/h4-10H,11-13H2,1-3H3,(H,25,26,29);1H/b7-4+;. The van der Waals surface area contributed by atoms with Gasteiger partial charge in [-0.25, -0.2) is 4.98 Å².